The summed E-state index contributed by atoms with van der Waals surface area (Å²) in [7, 11) is -3.62. The Bertz CT molecular complexity index is 819. The summed E-state index contributed by atoms with van der Waals surface area (Å²) < 4.78 is 27.4. The van der Waals surface area contributed by atoms with E-state index in [1.807, 2.05) is 18.2 Å². The number of fused-ring (bicyclic) bond motifs is 1. The van der Waals surface area contributed by atoms with Gasteiger partial charge in [0.15, 0.2) is 0 Å². The zero-order chi connectivity index (χ0) is 15.7. The van der Waals surface area contributed by atoms with E-state index < -0.39 is 10.0 Å². The Morgan fingerprint density at radius 3 is 2.77 bits per heavy atom. The van der Waals surface area contributed by atoms with E-state index in [1.165, 1.54) is 17.2 Å². The standard InChI is InChI=1S/C16H17ClN2O2S/c1-11-3-2-4-15(16(11)17)22(20,21)19-8-12-5-6-13-9-18-10-14(13)7-12/h2-7,18-19H,8-10H2,1H3. The Balaban J connectivity index is 1.79. The SMILES string of the molecule is Cc1cccc(S(=O)(=O)NCc2ccc3c(c2)CNC3)c1Cl. The van der Waals surface area contributed by atoms with Gasteiger partial charge in [0.1, 0.15) is 4.90 Å². The first-order chi connectivity index (χ1) is 10.5. The Morgan fingerprint density at radius 2 is 1.95 bits per heavy atom. The third-order valence-corrected chi connectivity index (χ3v) is 5.87. The smallest absolute Gasteiger partial charge is 0.242 e. The highest BCUT2D eigenvalue weighted by Gasteiger charge is 2.19. The molecule has 22 heavy (non-hydrogen) atoms. The second kappa shape index (κ2) is 6.01. The lowest BCUT2D eigenvalue weighted by molar-refractivity contribution is 0.581. The topological polar surface area (TPSA) is 58.2 Å². The van der Waals surface area contributed by atoms with Crippen molar-refractivity contribution in [3.63, 3.8) is 0 Å². The van der Waals surface area contributed by atoms with Crippen LogP contribution in [0.2, 0.25) is 5.02 Å². The highest BCUT2D eigenvalue weighted by atomic mass is 35.5. The Labute approximate surface area is 135 Å². The predicted molar refractivity (Wildman–Crippen MR) is 87.2 cm³/mol. The lowest BCUT2D eigenvalue weighted by Gasteiger charge is -2.10. The number of rotatable bonds is 4. The van der Waals surface area contributed by atoms with Crippen molar-refractivity contribution in [1.29, 1.82) is 0 Å². The molecule has 116 valence electrons. The molecular weight excluding hydrogens is 320 g/mol. The summed E-state index contributed by atoms with van der Waals surface area (Å²) in [5.41, 5.74) is 4.18. The molecule has 0 saturated carbocycles. The number of aryl methyl sites for hydroxylation is 1. The molecule has 2 aromatic rings. The van der Waals surface area contributed by atoms with E-state index in [9.17, 15) is 8.42 Å². The average molecular weight is 337 g/mol. The van der Waals surface area contributed by atoms with Gasteiger partial charge in [-0.2, -0.15) is 0 Å². The van der Waals surface area contributed by atoms with E-state index in [4.69, 9.17) is 11.6 Å². The molecule has 3 rings (SSSR count). The Morgan fingerprint density at radius 1 is 1.18 bits per heavy atom. The maximum atomic E-state index is 12.4. The number of sulfonamides is 1. The molecule has 1 aliphatic heterocycles. The predicted octanol–water partition coefficient (Wildman–Crippen LogP) is 2.73. The lowest BCUT2D eigenvalue weighted by atomic mass is 10.1. The van der Waals surface area contributed by atoms with Crippen LogP contribution in [0.15, 0.2) is 41.3 Å². The number of nitrogens with one attached hydrogen (secondary N) is 2. The van der Waals surface area contributed by atoms with Gasteiger partial charge in [0, 0.05) is 19.6 Å². The largest absolute Gasteiger partial charge is 0.309 e. The van der Waals surface area contributed by atoms with Crippen LogP contribution < -0.4 is 10.0 Å². The van der Waals surface area contributed by atoms with Gasteiger partial charge < -0.3 is 5.32 Å². The molecule has 2 aromatic carbocycles. The molecule has 6 heteroatoms. The maximum absolute atomic E-state index is 12.4. The third kappa shape index (κ3) is 3.03. The van der Waals surface area contributed by atoms with Gasteiger partial charge >= 0.3 is 0 Å². The molecule has 0 radical (unpaired) electrons. The minimum atomic E-state index is -3.62. The molecule has 1 aliphatic rings. The highest BCUT2D eigenvalue weighted by molar-refractivity contribution is 7.89. The molecule has 0 atom stereocenters. The quantitative estimate of drug-likeness (QED) is 0.902. The van der Waals surface area contributed by atoms with Crippen molar-refractivity contribution in [2.24, 2.45) is 0 Å². The minimum absolute atomic E-state index is 0.122. The summed E-state index contributed by atoms with van der Waals surface area (Å²) >= 11 is 6.11. The van der Waals surface area contributed by atoms with Gasteiger partial charge in [-0.1, -0.05) is 41.9 Å². The summed E-state index contributed by atoms with van der Waals surface area (Å²) in [4.78, 5) is 0.122. The number of hydrogen-bond donors (Lipinski definition) is 2. The van der Waals surface area contributed by atoms with Crippen LogP contribution in [0.3, 0.4) is 0 Å². The first-order valence-corrected chi connectivity index (χ1v) is 8.90. The summed E-state index contributed by atoms with van der Waals surface area (Å²) in [6.45, 7) is 3.74. The van der Waals surface area contributed by atoms with E-state index in [1.54, 1.807) is 19.1 Å². The molecule has 0 saturated heterocycles. The van der Waals surface area contributed by atoms with Crippen LogP contribution >= 0.6 is 11.6 Å². The van der Waals surface area contributed by atoms with Gasteiger partial charge in [0.05, 0.1) is 5.02 Å². The van der Waals surface area contributed by atoms with Crippen LogP contribution in [0.5, 0.6) is 0 Å². The van der Waals surface area contributed by atoms with Gasteiger partial charge in [-0.15, -0.1) is 0 Å². The summed E-state index contributed by atoms with van der Waals surface area (Å²) in [6.07, 6.45) is 0. The van der Waals surface area contributed by atoms with Gasteiger partial charge in [-0.3, -0.25) is 0 Å². The second-order valence-electron chi connectivity index (χ2n) is 5.42. The fourth-order valence-corrected chi connectivity index (χ4v) is 4.14. The molecule has 0 fully saturated rings. The van der Waals surface area contributed by atoms with E-state index in [-0.39, 0.29) is 16.5 Å². The van der Waals surface area contributed by atoms with Gasteiger partial charge in [0.25, 0.3) is 0 Å². The fraction of sp³-hybridized carbons (Fsp3) is 0.250. The van der Waals surface area contributed by atoms with E-state index in [0.29, 0.717) is 0 Å². The van der Waals surface area contributed by atoms with Gasteiger partial charge in [-0.25, -0.2) is 13.1 Å². The normalized spacial score (nSPS) is 14.1. The van der Waals surface area contributed by atoms with Crippen molar-refractivity contribution in [1.82, 2.24) is 10.0 Å². The summed E-state index contributed by atoms with van der Waals surface area (Å²) in [5.74, 6) is 0. The number of benzene rings is 2. The van der Waals surface area contributed by atoms with Crippen LogP contribution in [0.1, 0.15) is 22.3 Å². The summed E-state index contributed by atoms with van der Waals surface area (Å²) in [6, 6.07) is 11.0. The molecule has 0 bridgehead atoms. The van der Waals surface area contributed by atoms with Crippen molar-refractivity contribution < 1.29 is 8.42 Å². The lowest BCUT2D eigenvalue weighted by Crippen LogP contribution is -2.23. The average Bonchev–Trinajstić information content (AvgIpc) is 2.95. The molecule has 0 aliphatic carbocycles. The Hall–Kier alpha value is -1.40. The van der Waals surface area contributed by atoms with E-state index in [2.05, 4.69) is 10.0 Å². The zero-order valence-electron chi connectivity index (χ0n) is 12.2. The van der Waals surface area contributed by atoms with Crippen LogP contribution in [0, 0.1) is 6.92 Å². The van der Waals surface area contributed by atoms with Crippen molar-refractivity contribution in [3.05, 3.63) is 63.7 Å². The first kappa shape index (κ1) is 15.5. The second-order valence-corrected chi connectivity index (χ2v) is 7.53. The van der Waals surface area contributed by atoms with E-state index in [0.717, 1.165) is 24.2 Å². The fourth-order valence-electron chi connectivity index (χ4n) is 2.54. The monoisotopic (exact) mass is 336 g/mol. The van der Waals surface area contributed by atoms with Crippen LogP contribution in [-0.4, -0.2) is 8.42 Å². The van der Waals surface area contributed by atoms with E-state index >= 15 is 0 Å². The van der Waals surface area contributed by atoms with Crippen molar-refractivity contribution in [2.75, 3.05) is 0 Å². The van der Waals surface area contributed by atoms with Crippen molar-refractivity contribution in [3.8, 4) is 0 Å². The molecule has 0 aromatic heterocycles. The van der Waals surface area contributed by atoms with Crippen LogP contribution in [-0.2, 0) is 29.7 Å². The molecule has 2 N–H and O–H groups in total. The molecule has 0 unspecified atom stereocenters. The minimum Gasteiger partial charge on any atom is -0.309 e. The van der Waals surface area contributed by atoms with Crippen molar-refractivity contribution >= 4 is 21.6 Å². The third-order valence-electron chi connectivity index (χ3n) is 3.81. The summed E-state index contributed by atoms with van der Waals surface area (Å²) in [5, 5.41) is 3.54. The van der Waals surface area contributed by atoms with Gasteiger partial charge in [0.2, 0.25) is 10.0 Å². The molecular formula is C16H17ClN2O2S. The highest BCUT2D eigenvalue weighted by Crippen LogP contribution is 2.25. The van der Waals surface area contributed by atoms with Crippen LogP contribution in [0.4, 0.5) is 0 Å². The maximum Gasteiger partial charge on any atom is 0.242 e. The molecule has 0 amide bonds. The molecule has 4 nitrogen and oxygen atoms in total. The number of hydrogen-bond acceptors (Lipinski definition) is 3. The van der Waals surface area contributed by atoms with Crippen LogP contribution in [0.25, 0.3) is 0 Å². The molecule has 0 spiro atoms. The van der Waals surface area contributed by atoms with Gasteiger partial charge in [-0.05, 0) is 35.2 Å². The Kier molecular flexibility index (Phi) is 4.23. The first-order valence-electron chi connectivity index (χ1n) is 7.03. The molecule has 1 heterocycles. The number of halogens is 1. The zero-order valence-corrected chi connectivity index (χ0v) is 13.8. The van der Waals surface area contributed by atoms with Crippen molar-refractivity contribution in [2.45, 2.75) is 31.5 Å².